The number of rotatable bonds is 4. The Bertz CT molecular complexity index is 1050. The fourth-order valence-electron chi connectivity index (χ4n) is 9.35. The van der Waals surface area contributed by atoms with Crippen LogP contribution in [-0.4, -0.2) is 11.6 Å². The minimum Gasteiger partial charge on any atom is -0.299 e. The van der Waals surface area contributed by atoms with Crippen molar-refractivity contribution >= 4 is 11.6 Å². The van der Waals surface area contributed by atoms with Gasteiger partial charge in [-0.15, -0.1) is 6.42 Å². The van der Waals surface area contributed by atoms with Crippen molar-refractivity contribution in [2.24, 2.45) is 50.7 Å². The van der Waals surface area contributed by atoms with E-state index in [-0.39, 0.29) is 51.1 Å². The van der Waals surface area contributed by atoms with Gasteiger partial charge in [0.05, 0.1) is 5.57 Å². The molecule has 0 aliphatic heterocycles. The third-order valence-electron chi connectivity index (χ3n) is 12.2. The van der Waals surface area contributed by atoms with Gasteiger partial charge in [-0.2, -0.15) is 5.26 Å². The average molecular weight is 490 g/mol. The van der Waals surface area contributed by atoms with Crippen LogP contribution in [0.1, 0.15) is 113 Å². The molecule has 7 atom stereocenters. The fourth-order valence-corrected chi connectivity index (χ4v) is 9.35. The average Bonchev–Trinajstić information content (AvgIpc) is 2.82. The van der Waals surface area contributed by atoms with Crippen molar-refractivity contribution in [2.45, 2.75) is 113 Å². The molecule has 4 rings (SSSR count). The van der Waals surface area contributed by atoms with Crippen molar-refractivity contribution in [2.75, 3.05) is 0 Å². The summed E-state index contributed by atoms with van der Waals surface area (Å²) >= 11 is 0. The van der Waals surface area contributed by atoms with Crippen LogP contribution < -0.4 is 0 Å². The quantitative estimate of drug-likeness (QED) is 0.231. The summed E-state index contributed by atoms with van der Waals surface area (Å²) in [6.07, 6.45) is 17.5. The molecular formula is C33H47NO2. The van der Waals surface area contributed by atoms with Crippen molar-refractivity contribution in [3.63, 3.8) is 0 Å². The molecule has 4 aliphatic carbocycles. The van der Waals surface area contributed by atoms with Crippen LogP contribution in [0.3, 0.4) is 0 Å². The fraction of sp³-hybridized carbons (Fsp3) is 0.788. The molecule has 2 unspecified atom stereocenters. The molecule has 3 heteroatoms. The Morgan fingerprint density at radius 2 is 1.78 bits per heavy atom. The van der Waals surface area contributed by atoms with E-state index in [2.05, 4.69) is 39.7 Å². The molecule has 3 nitrogen and oxygen atoms in total. The van der Waals surface area contributed by atoms with Gasteiger partial charge in [-0.05, 0) is 91.8 Å². The van der Waals surface area contributed by atoms with Gasteiger partial charge in [-0.3, -0.25) is 9.59 Å². The largest absolute Gasteiger partial charge is 0.299 e. The molecule has 36 heavy (non-hydrogen) atoms. The molecule has 0 amide bonds. The topological polar surface area (TPSA) is 57.9 Å². The monoisotopic (exact) mass is 489 g/mol. The van der Waals surface area contributed by atoms with E-state index in [4.69, 9.17) is 6.42 Å². The Kier molecular flexibility index (Phi) is 6.69. The molecule has 0 aromatic heterocycles. The highest BCUT2D eigenvalue weighted by Gasteiger charge is 2.67. The molecule has 196 valence electrons. The van der Waals surface area contributed by atoms with Crippen LogP contribution in [0.4, 0.5) is 0 Å². The van der Waals surface area contributed by atoms with Gasteiger partial charge in [0, 0.05) is 23.2 Å². The number of carbonyl (C=O) groups excluding carboxylic acids is 2. The zero-order valence-electron chi connectivity index (χ0n) is 23.8. The van der Waals surface area contributed by atoms with Crippen molar-refractivity contribution < 1.29 is 9.59 Å². The van der Waals surface area contributed by atoms with Crippen molar-refractivity contribution in [1.29, 1.82) is 5.26 Å². The summed E-state index contributed by atoms with van der Waals surface area (Å²) in [5.41, 5.74) is -0.180. The second-order valence-corrected chi connectivity index (χ2v) is 14.6. The predicted octanol–water partition coefficient (Wildman–Crippen LogP) is 7.70. The highest BCUT2D eigenvalue weighted by molar-refractivity contribution is 6.02. The summed E-state index contributed by atoms with van der Waals surface area (Å²) in [4.78, 5) is 27.5. The van der Waals surface area contributed by atoms with E-state index < -0.39 is 5.41 Å². The molecule has 0 spiro atoms. The van der Waals surface area contributed by atoms with Crippen LogP contribution in [0.25, 0.3) is 0 Å². The third-order valence-corrected chi connectivity index (χ3v) is 12.2. The first-order chi connectivity index (χ1) is 16.7. The Balaban J connectivity index is 1.65. The molecule has 4 aliphatic rings. The van der Waals surface area contributed by atoms with Crippen molar-refractivity contribution in [3.05, 3.63) is 11.6 Å². The minimum absolute atomic E-state index is 0.0346. The second-order valence-electron chi connectivity index (χ2n) is 14.6. The van der Waals surface area contributed by atoms with Crippen molar-refractivity contribution in [1.82, 2.24) is 0 Å². The van der Waals surface area contributed by atoms with E-state index in [1.165, 1.54) is 0 Å². The lowest BCUT2D eigenvalue weighted by molar-refractivity contribution is -0.195. The van der Waals surface area contributed by atoms with Crippen LogP contribution in [0, 0.1) is 74.4 Å². The van der Waals surface area contributed by atoms with Gasteiger partial charge in [0.25, 0.3) is 0 Å². The summed E-state index contributed by atoms with van der Waals surface area (Å²) < 4.78 is 0. The Morgan fingerprint density at radius 3 is 2.39 bits per heavy atom. The normalized spacial score (nSPS) is 42.2. The van der Waals surface area contributed by atoms with Gasteiger partial charge in [-0.25, -0.2) is 0 Å². The molecule has 0 heterocycles. The number of fused-ring (bicyclic) bond motifs is 5. The van der Waals surface area contributed by atoms with E-state index in [1.807, 2.05) is 20.8 Å². The summed E-state index contributed by atoms with van der Waals surface area (Å²) in [5.74, 6) is 4.45. The lowest BCUT2D eigenvalue weighted by atomic mass is 9.35. The molecule has 0 N–H and O–H groups in total. The summed E-state index contributed by atoms with van der Waals surface area (Å²) in [6, 6.07) is 2.15. The van der Waals surface area contributed by atoms with Gasteiger partial charge in [0.15, 0.2) is 5.78 Å². The van der Waals surface area contributed by atoms with Gasteiger partial charge in [-0.1, -0.05) is 60.5 Å². The van der Waals surface area contributed by atoms with Crippen LogP contribution in [0.5, 0.6) is 0 Å². The Labute approximate surface area is 219 Å². The van der Waals surface area contributed by atoms with Crippen LogP contribution in [0.2, 0.25) is 0 Å². The number of hydrogen-bond acceptors (Lipinski definition) is 3. The zero-order chi connectivity index (χ0) is 26.7. The van der Waals surface area contributed by atoms with Crippen LogP contribution in [-0.2, 0) is 9.59 Å². The van der Waals surface area contributed by atoms with E-state index in [0.717, 1.165) is 51.4 Å². The summed E-state index contributed by atoms with van der Waals surface area (Å²) in [7, 11) is 0. The number of nitriles is 1. The number of hydrogen-bond donors (Lipinski definition) is 0. The maximum atomic E-state index is 14.1. The molecule has 0 aromatic rings. The lowest BCUT2D eigenvalue weighted by Crippen LogP contribution is -2.64. The van der Waals surface area contributed by atoms with E-state index in [0.29, 0.717) is 24.2 Å². The second kappa shape index (κ2) is 8.86. The Morgan fingerprint density at radius 1 is 1.11 bits per heavy atom. The first-order valence-corrected chi connectivity index (χ1v) is 14.4. The standard InChI is InChI=1S/C33H47NO2/c1-9-11-22(21-34)28(36)30(5,6)23-12-13-31(7)24(18-23)19-26(35)27-25-20-29(3,4)14-16-33(25,10-2)17-15-32(27,31)8/h2,11,23-25,27H,9,12-20H2,1,3-8H3/b22-11-/t23-,24+,25?,27?,31-,32-,33-/m1/s1. The first-order valence-electron chi connectivity index (χ1n) is 14.4. The zero-order valence-corrected chi connectivity index (χ0v) is 23.8. The third kappa shape index (κ3) is 3.83. The molecule has 0 aromatic carbocycles. The highest BCUT2D eigenvalue weighted by atomic mass is 16.1. The number of Topliss-reactive ketones (excluding diaryl/α,β-unsaturated/α-hetero) is 2. The number of terminal acetylenes is 1. The SMILES string of the molecule is C#C[C@]12CCC(C)(C)CC1C1C(=O)C[C@@H]3C[C@H](C(C)(C)C(=O)/C(C#N)=C\CC)CC[C@@]3(C)[C@]1(C)CC2. The molecule has 4 saturated carbocycles. The van der Waals surface area contributed by atoms with Crippen LogP contribution >= 0.6 is 0 Å². The minimum atomic E-state index is -0.600. The van der Waals surface area contributed by atoms with Crippen molar-refractivity contribution in [3.8, 4) is 18.4 Å². The maximum Gasteiger partial charge on any atom is 0.178 e. The van der Waals surface area contributed by atoms with Gasteiger partial charge >= 0.3 is 0 Å². The van der Waals surface area contributed by atoms with E-state index in [1.54, 1.807) is 6.08 Å². The van der Waals surface area contributed by atoms with E-state index in [9.17, 15) is 14.9 Å². The highest BCUT2D eigenvalue weighted by Crippen LogP contribution is 2.72. The number of nitrogens with zero attached hydrogens (tertiary/aromatic N) is 1. The summed E-state index contributed by atoms with van der Waals surface area (Å²) in [6.45, 7) is 15.6. The maximum absolute atomic E-state index is 14.1. The molecule has 0 saturated heterocycles. The number of ketones is 2. The smallest absolute Gasteiger partial charge is 0.178 e. The van der Waals surface area contributed by atoms with Crippen LogP contribution in [0.15, 0.2) is 11.6 Å². The van der Waals surface area contributed by atoms with Gasteiger partial charge in [0.2, 0.25) is 0 Å². The number of carbonyl (C=O) groups is 2. The summed E-state index contributed by atoms with van der Waals surface area (Å²) in [5, 5.41) is 9.59. The van der Waals surface area contributed by atoms with Gasteiger partial charge in [0.1, 0.15) is 11.9 Å². The predicted molar refractivity (Wildman–Crippen MR) is 145 cm³/mol. The number of allylic oxidation sites excluding steroid dienone is 2. The lowest BCUT2D eigenvalue weighted by Gasteiger charge is -2.68. The van der Waals surface area contributed by atoms with E-state index >= 15 is 0 Å². The molecule has 0 radical (unpaired) electrons. The van der Waals surface area contributed by atoms with Gasteiger partial charge < -0.3 is 0 Å². The molecule has 4 fully saturated rings. The Hall–Kier alpha value is -1.87. The molecule has 0 bridgehead atoms. The molecular weight excluding hydrogens is 442 g/mol. The first kappa shape index (κ1) is 27.2.